The highest BCUT2D eigenvalue weighted by molar-refractivity contribution is 7.99. The molecule has 0 aliphatic carbocycles. The number of carbonyl (C=O) groups is 1. The summed E-state index contributed by atoms with van der Waals surface area (Å²) in [6.45, 7) is 9.67. The van der Waals surface area contributed by atoms with Crippen LogP contribution in [0.2, 0.25) is 10.0 Å². The summed E-state index contributed by atoms with van der Waals surface area (Å²) in [4.78, 5) is 26.4. The summed E-state index contributed by atoms with van der Waals surface area (Å²) >= 11 is 15.3. The number of ketones is 1. The molecule has 1 aliphatic heterocycles. The number of carbonyl (C=O) groups excluding carboxylic acids is 1. The predicted octanol–water partition coefficient (Wildman–Crippen LogP) is 6.53. The fraction of sp³-hybridized carbons (Fsp3) is 0.448. The third kappa shape index (κ3) is 7.54. The van der Waals surface area contributed by atoms with E-state index in [-0.39, 0.29) is 17.7 Å². The molecule has 1 aromatic carbocycles. The van der Waals surface area contributed by atoms with Crippen LogP contribution in [-0.4, -0.2) is 71.8 Å². The number of pyridine rings is 1. The van der Waals surface area contributed by atoms with E-state index < -0.39 is 0 Å². The van der Waals surface area contributed by atoms with Crippen LogP contribution in [0.25, 0.3) is 22.2 Å². The highest BCUT2D eigenvalue weighted by Gasteiger charge is 2.28. The second-order valence-corrected chi connectivity index (χ2v) is 12.3. The van der Waals surface area contributed by atoms with Crippen molar-refractivity contribution >= 4 is 63.4 Å². The normalized spacial score (nSPS) is 17.0. The van der Waals surface area contributed by atoms with Crippen LogP contribution in [0, 0.1) is 5.92 Å². The summed E-state index contributed by atoms with van der Waals surface area (Å²) in [5.74, 6) is 2.82. The van der Waals surface area contributed by atoms with Gasteiger partial charge in [0.1, 0.15) is 17.0 Å². The van der Waals surface area contributed by atoms with Crippen LogP contribution >= 0.6 is 35.0 Å². The van der Waals surface area contributed by atoms with Crippen LogP contribution in [0.15, 0.2) is 31.0 Å². The van der Waals surface area contributed by atoms with E-state index in [2.05, 4.69) is 36.0 Å². The molecule has 220 valence electrons. The zero-order valence-corrected chi connectivity index (χ0v) is 26.0. The van der Waals surface area contributed by atoms with Gasteiger partial charge < -0.3 is 24.8 Å². The molecule has 3 aromatic rings. The Balaban J connectivity index is 1.75. The van der Waals surface area contributed by atoms with Crippen LogP contribution in [0.5, 0.6) is 11.5 Å². The van der Waals surface area contributed by atoms with Gasteiger partial charge in [-0.05, 0) is 29.7 Å². The first-order valence-corrected chi connectivity index (χ1v) is 15.2. The van der Waals surface area contributed by atoms with Crippen molar-refractivity contribution in [2.45, 2.75) is 38.0 Å². The lowest BCUT2D eigenvalue weighted by atomic mass is 9.90. The standard InChI is InChI=1S/C29H35Cl2N5O4S/c1-6-19(37)11-17-7-9-40-15-21(17)35-29-33-14-18-12-20(24-25(30)22(38-4)13-23(39-5)26(24)31)34-28(27(18)36-29)32-8-10-41-16(2)3/h6,12-14,16-17,21H,1,7-11,15H2,2-5H3,(H,32,34)(H,33,35,36)/t17-,21-/m1/s1. The number of hydrogen-bond donors (Lipinski definition) is 2. The SMILES string of the molecule is C=CC(=O)C[C@H]1CCOC[C@H]1Nc1ncc2cc(-c3c(Cl)c(OC)cc(OC)c3Cl)nc(NCCSC(C)C)c2n1. The first-order chi connectivity index (χ1) is 19.7. The van der Waals surface area contributed by atoms with E-state index in [1.165, 1.54) is 20.3 Å². The molecular weight excluding hydrogens is 585 g/mol. The molecule has 2 N–H and O–H groups in total. The van der Waals surface area contributed by atoms with Crippen LogP contribution in [-0.2, 0) is 9.53 Å². The van der Waals surface area contributed by atoms with Gasteiger partial charge in [-0.25, -0.2) is 15.0 Å². The fourth-order valence-electron chi connectivity index (χ4n) is 4.63. The molecule has 0 radical (unpaired) electrons. The maximum absolute atomic E-state index is 12.1. The maximum atomic E-state index is 12.1. The van der Waals surface area contributed by atoms with Gasteiger partial charge in [0.2, 0.25) is 5.95 Å². The van der Waals surface area contributed by atoms with Crippen LogP contribution in [0.1, 0.15) is 26.7 Å². The summed E-state index contributed by atoms with van der Waals surface area (Å²) in [7, 11) is 3.06. The number of hydrogen-bond acceptors (Lipinski definition) is 10. The maximum Gasteiger partial charge on any atom is 0.223 e. The molecule has 2 atom stereocenters. The second kappa shape index (κ2) is 14.4. The van der Waals surface area contributed by atoms with Crippen molar-refractivity contribution in [2.24, 2.45) is 5.92 Å². The number of methoxy groups -OCH3 is 2. The lowest BCUT2D eigenvalue weighted by Crippen LogP contribution is -2.40. The van der Waals surface area contributed by atoms with E-state index in [4.69, 9.17) is 47.4 Å². The van der Waals surface area contributed by atoms with E-state index in [0.717, 1.165) is 17.6 Å². The Kier molecular flexibility index (Phi) is 10.9. The Hall–Kier alpha value is -2.79. The molecule has 0 saturated carbocycles. The van der Waals surface area contributed by atoms with Crippen LogP contribution in [0.3, 0.4) is 0 Å². The van der Waals surface area contributed by atoms with Crippen LogP contribution < -0.4 is 20.1 Å². The van der Waals surface area contributed by atoms with E-state index in [1.54, 1.807) is 12.3 Å². The van der Waals surface area contributed by atoms with Gasteiger partial charge in [-0.1, -0.05) is 43.6 Å². The second-order valence-electron chi connectivity index (χ2n) is 9.87. The van der Waals surface area contributed by atoms with Crippen molar-refractivity contribution in [1.29, 1.82) is 0 Å². The smallest absolute Gasteiger partial charge is 0.223 e. The molecule has 4 rings (SSSR count). The van der Waals surface area contributed by atoms with E-state index in [9.17, 15) is 4.79 Å². The van der Waals surface area contributed by atoms with E-state index in [0.29, 0.717) is 81.5 Å². The molecule has 0 bridgehead atoms. The Morgan fingerprint density at radius 1 is 1.22 bits per heavy atom. The quantitative estimate of drug-likeness (QED) is 0.162. The van der Waals surface area contributed by atoms with Gasteiger partial charge in [0.15, 0.2) is 11.6 Å². The van der Waals surface area contributed by atoms with Gasteiger partial charge in [-0.15, -0.1) is 0 Å². The van der Waals surface area contributed by atoms with Crippen molar-refractivity contribution in [1.82, 2.24) is 15.0 Å². The molecular formula is C29H35Cl2N5O4S. The van der Waals surface area contributed by atoms with Crippen LogP contribution in [0.4, 0.5) is 11.8 Å². The minimum absolute atomic E-state index is 0.0112. The third-order valence-corrected chi connectivity index (χ3v) is 8.60. The Morgan fingerprint density at radius 3 is 2.61 bits per heavy atom. The van der Waals surface area contributed by atoms with Crippen molar-refractivity contribution in [3.05, 3.63) is 41.0 Å². The molecule has 2 aromatic heterocycles. The monoisotopic (exact) mass is 619 g/mol. The molecule has 0 unspecified atom stereocenters. The number of thioether (sulfide) groups is 1. The molecule has 12 heteroatoms. The predicted molar refractivity (Wildman–Crippen MR) is 168 cm³/mol. The number of allylic oxidation sites excluding steroid dienone is 1. The molecule has 0 amide bonds. The van der Waals surface area contributed by atoms with Crippen molar-refractivity contribution in [2.75, 3.05) is 50.4 Å². The number of ether oxygens (including phenoxy) is 3. The number of rotatable bonds is 13. The molecule has 1 saturated heterocycles. The highest BCUT2D eigenvalue weighted by atomic mass is 35.5. The van der Waals surface area contributed by atoms with E-state index in [1.807, 2.05) is 17.8 Å². The molecule has 1 fully saturated rings. The minimum Gasteiger partial charge on any atom is -0.495 e. The Labute approximate surface area is 254 Å². The number of halogens is 2. The summed E-state index contributed by atoms with van der Waals surface area (Å²) in [6, 6.07) is 3.37. The van der Waals surface area contributed by atoms with Gasteiger partial charge >= 0.3 is 0 Å². The first-order valence-electron chi connectivity index (χ1n) is 13.4. The Morgan fingerprint density at radius 2 is 1.95 bits per heavy atom. The number of nitrogens with zero attached hydrogens (tertiary/aromatic N) is 3. The number of nitrogens with one attached hydrogen (secondary N) is 2. The zero-order valence-electron chi connectivity index (χ0n) is 23.6. The van der Waals surface area contributed by atoms with Crippen molar-refractivity contribution in [3.8, 4) is 22.8 Å². The fourth-order valence-corrected chi connectivity index (χ4v) is 6.01. The molecule has 3 heterocycles. The third-order valence-electron chi connectivity index (χ3n) is 6.75. The summed E-state index contributed by atoms with van der Waals surface area (Å²) < 4.78 is 16.6. The molecule has 0 spiro atoms. The number of benzene rings is 1. The largest absolute Gasteiger partial charge is 0.495 e. The average molecular weight is 621 g/mol. The molecule has 9 nitrogen and oxygen atoms in total. The highest BCUT2D eigenvalue weighted by Crippen LogP contribution is 2.46. The molecule has 41 heavy (non-hydrogen) atoms. The van der Waals surface area contributed by atoms with E-state index >= 15 is 0 Å². The first kappa shape index (κ1) is 31.2. The summed E-state index contributed by atoms with van der Waals surface area (Å²) in [5, 5.41) is 8.72. The lowest BCUT2D eigenvalue weighted by Gasteiger charge is -2.31. The molecule has 1 aliphatic rings. The number of fused-ring (bicyclic) bond motifs is 1. The van der Waals surface area contributed by atoms with Gasteiger partial charge in [-0.3, -0.25) is 4.79 Å². The van der Waals surface area contributed by atoms with Gasteiger partial charge in [0.05, 0.1) is 42.6 Å². The van der Waals surface area contributed by atoms with Crippen molar-refractivity contribution < 1.29 is 19.0 Å². The Bertz CT molecular complexity index is 1380. The van der Waals surface area contributed by atoms with Gasteiger partial charge in [0.25, 0.3) is 0 Å². The van der Waals surface area contributed by atoms with Crippen molar-refractivity contribution in [3.63, 3.8) is 0 Å². The minimum atomic E-state index is -0.113. The lowest BCUT2D eigenvalue weighted by molar-refractivity contribution is -0.116. The number of anilines is 2. The summed E-state index contributed by atoms with van der Waals surface area (Å²) in [6.07, 6.45) is 4.27. The topological polar surface area (TPSA) is 107 Å². The van der Waals surface area contributed by atoms with Gasteiger partial charge in [-0.2, -0.15) is 11.8 Å². The van der Waals surface area contributed by atoms with Gasteiger partial charge in [0, 0.05) is 48.5 Å². The zero-order chi connectivity index (χ0) is 29.5. The average Bonchev–Trinajstić information content (AvgIpc) is 2.96. The number of aromatic nitrogens is 3. The summed E-state index contributed by atoms with van der Waals surface area (Å²) in [5.41, 5.74) is 1.65.